The van der Waals surface area contributed by atoms with Crippen molar-refractivity contribution in [1.29, 1.82) is 0 Å². The van der Waals surface area contributed by atoms with Gasteiger partial charge in [0.1, 0.15) is 18.4 Å². The van der Waals surface area contributed by atoms with Crippen molar-refractivity contribution in [2.75, 3.05) is 17.4 Å². The lowest BCUT2D eigenvalue weighted by Crippen LogP contribution is -2.52. The van der Waals surface area contributed by atoms with Gasteiger partial charge in [-0.25, -0.2) is 12.8 Å². The number of hydrogen-bond donors (Lipinski definition) is 1. The van der Waals surface area contributed by atoms with Gasteiger partial charge in [0, 0.05) is 18.1 Å². The normalized spacial score (nSPS) is 12.0. The molecule has 0 bridgehead atoms. The fourth-order valence-corrected chi connectivity index (χ4v) is 6.00. The Kier molecular flexibility index (Phi) is 10.7. The highest BCUT2D eigenvalue weighted by Crippen LogP contribution is 2.33. The Morgan fingerprint density at radius 3 is 2.23 bits per heavy atom. The molecule has 11 heteroatoms. The number of benzene rings is 3. The highest BCUT2D eigenvalue weighted by Gasteiger charge is 2.34. The van der Waals surface area contributed by atoms with Crippen molar-refractivity contribution < 1.29 is 22.4 Å². The van der Waals surface area contributed by atoms with Crippen LogP contribution in [0.3, 0.4) is 0 Å². The van der Waals surface area contributed by atoms with E-state index < -0.39 is 34.3 Å². The maximum absolute atomic E-state index is 13.9. The summed E-state index contributed by atoms with van der Waals surface area (Å²) in [5.74, 6) is -1.44. The van der Waals surface area contributed by atoms with Gasteiger partial charge in [-0.15, -0.1) is 0 Å². The monoisotopic (exact) mass is 593 g/mol. The fourth-order valence-electron chi connectivity index (χ4n) is 3.99. The van der Waals surface area contributed by atoms with Gasteiger partial charge in [0.25, 0.3) is 10.0 Å². The van der Waals surface area contributed by atoms with Gasteiger partial charge in [0.2, 0.25) is 11.8 Å². The highest BCUT2D eigenvalue weighted by molar-refractivity contribution is 7.92. The lowest BCUT2D eigenvalue weighted by Gasteiger charge is -2.33. The van der Waals surface area contributed by atoms with Crippen LogP contribution in [0, 0.1) is 5.82 Å². The van der Waals surface area contributed by atoms with Gasteiger partial charge in [0.15, 0.2) is 0 Å². The predicted molar refractivity (Wildman–Crippen MR) is 152 cm³/mol. The first-order valence-corrected chi connectivity index (χ1v) is 14.6. The molecule has 3 rings (SSSR count). The van der Waals surface area contributed by atoms with E-state index in [2.05, 4.69) is 5.32 Å². The van der Waals surface area contributed by atoms with Crippen LogP contribution in [0.15, 0.2) is 77.7 Å². The smallest absolute Gasteiger partial charge is 0.264 e. The summed E-state index contributed by atoms with van der Waals surface area (Å²) in [4.78, 5) is 28.3. The molecule has 0 radical (unpaired) electrons. The number of nitrogens with zero attached hydrogens (tertiary/aromatic N) is 2. The van der Waals surface area contributed by atoms with Gasteiger partial charge in [-0.3, -0.25) is 13.9 Å². The Morgan fingerprint density at radius 1 is 0.974 bits per heavy atom. The second-order valence-electron chi connectivity index (χ2n) is 8.78. The Morgan fingerprint density at radius 2 is 1.64 bits per heavy atom. The molecule has 0 aliphatic rings. The Hall–Kier alpha value is -3.14. The van der Waals surface area contributed by atoms with E-state index in [1.54, 1.807) is 25.1 Å². The van der Waals surface area contributed by atoms with Crippen LogP contribution >= 0.6 is 23.2 Å². The summed E-state index contributed by atoms with van der Waals surface area (Å²) in [5, 5.41) is 3.14. The summed E-state index contributed by atoms with van der Waals surface area (Å²) in [5.41, 5.74) is 0.636. The van der Waals surface area contributed by atoms with Crippen LogP contribution in [-0.2, 0) is 26.2 Å². The van der Waals surface area contributed by atoms with E-state index in [9.17, 15) is 22.4 Å². The Balaban J connectivity index is 2.07. The molecule has 1 N–H and O–H groups in total. The number of amides is 2. The van der Waals surface area contributed by atoms with Crippen LogP contribution in [0.1, 0.15) is 32.3 Å². The largest absolute Gasteiger partial charge is 0.354 e. The van der Waals surface area contributed by atoms with E-state index >= 15 is 0 Å². The van der Waals surface area contributed by atoms with Gasteiger partial charge >= 0.3 is 0 Å². The van der Waals surface area contributed by atoms with E-state index in [-0.39, 0.29) is 34.5 Å². The average Bonchev–Trinajstić information content (AvgIpc) is 2.92. The quantitative estimate of drug-likeness (QED) is 0.293. The van der Waals surface area contributed by atoms with E-state index in [4.69, 9.17) is 23.2 Å². The third kappa shape index (κ3) is 7.71. The number of halogens is 3. The third-order valence-electron chi connectivity index (χ3n) is 5.99. The van der Waals surface area contributed by atoms with Gasteiger partial charge in [0.05, 0.1) is 15.6 Å². The number of carbonyl (C=O) groups excluding carboxylic acids is 2. The zero-order valence-corrected chi connectivity index (χ0v) is 23.9. The minimum atomic E-state index is -4.26. The van der Waals surface area contributed by atoms with E-state index in [1.165, 1.54) is 59.5 Å². The van der Waals surface area contributed by atoms with Crippen molar-refractivity contribution in [3.8, 4) is 0 Å². The van der Waals surface area contributed by atoms with Crippen LogP contribution in [0.5, 0.6) is 0 Å². The van der Waals surface area contributed by atoms with Gasteiger partial charge in [-0.1, -0.05) is 67.4 Å². The summed E-state index contributed by atoms with van der Waals surface area (Å²) < 4.78 is 42.0. The molecule has 7 nitrogen and oxygen atoms in total. The molecule has 1 atom stereocenters. The number of anilines is 1. The minimum Gasteiger partial charge on any atom is -0.354 e. The van der Waals surface area contributed by atoms with Gasteiger partial charge < -0.3 is 10.2 Å². The van der Waals surface area contributed by atoms with E-state index in [1.807, 2.05) is 6.92 Å². The summed E-state index contributed by atoms with van der Waals surface area (Å²) in [6.45, 7) is 3.41. The number of carbonyl (C=O) groups is 2. The molecule has 0 spiro atoms. The maximum atomic E-state index is 13.9. The van der Waals surface area contributed by atoms with Crippen LogP contribution in [0.4, 0.5) is 10.1 Å². The molecule has 0 saturated heterocycles. The second kappa shape index (κ2) is 13.8. The number of sulfonamides is 1. The topological polar surface area (TPSA) is 86.8 Å². The molecule has 0 aliphatic carbocycles. The first-order valence-electron chi connectivity index (χ1n) is 12.4. The standard InChI is InChI=1S/C28H30Cl2FN3O4S/c1-3-16-32-28(36)25(4-2)33(18-20-10-13-22(31)14-11-20)27(35)19-34(26-15-12-21(29)17-24(26)30)39(37,38)23-8-6-5-7-9-23/h5-15,17,25H,3-4,16,18-19H2,1-2H3,(H,32,36)/t25-/m0/s1. The summed E-state index contributed by atoms with van der Waals surface area (Å²) in [6, 6.07) is 16.6. The van der Waals surface area contributed by atoms with Gasteiger partial charge in [-0.2, -0.15) is 0 Å². The second-order valence-corrected chi connectivity index (χ2v) is 11.5. The summed E-state index contributed by atoms with van der Waals surface area (Å²) in [7, 11) is -4.26. The Bertz CT molecular complexity index is 1390. The molecule has 2 amide bonds. The average molecular weight is 595 g/mol. The fraction of sp³-hybridized carbons (Fsp3) is 0.286. The molecule has 0 heterocycles. The van der Waals surface area contributed by atoms with Crippen molar-refractivity contribution in [3.63, 3.8) is 0 Å². The molecule has 208 valence electrons. The van der Waals surface area contributed by atoms with Crippen LogP contribution in [0.25, 0.3) is 0 Å². The van der Waals surface area contributed by atoms with E-state index in [0.717, 1.165) is 4.31 Å². The molecule has 39 heavy (non-hydrogen) atoms. The number of rotatable bonds is 12. The summed E-state index contributed by atoms with van der Waals surface area (Å²) in [6.07, 6.45) is 0.974. The van der Waals surface area contributed by atoms with Crippen molar-refractivity contribution >= 4 is 50.7 Å². The third-order valence-corrected chi connectivity index (χ3v) is 8.30. The molecular weight excluding hydrogens is 564 g/mol. The molecule has 0 unspecified atom stereocenters. The van der Waals surface area contributed by atoms with Crippen LogP contribution in [0.2, 0.25) is 10.0 Å². The first kappa shape index (κ1) is 30.4. The molecule has 3 aromatic carbocycles. The SMILES string of the molecule is CCCNC(=O)[C@H](CC)N(Cc1ccc(F)cc1)C(=O)CN(c1ccc(Cl)cc1Cl)S(=O)(=O)c1ccccc1. The van der Waals surface area contributed by atoms with Crippen molar-refractivity contribution in [3.05, 3.63) is 94.2 Å². The molecule has 0 aliphatic heterocycles. The lowest BCUT2D eigenvalue weighted by atomic mass is 10.1. The minimum absolute atomic E-state index is 0.0348. The zero-order chi connectivity index (χ0) is 28.6. The predicted octanol–water partition coefficient (Wildman–Crippen LogP) is 5.66. The molecule has 3 aromatic rings. The maximum Gasteiger partial charge on any atom is 0.264 e. The highest BCUT2D eigenvalue weighted by atomic mass is 35.5. The van der Waals surface area contributed by atoms with Gasteiger partial charge in [-0.05, 0) is 60.9 Å². The molecule has 0 aromatic heterocycles. The lowest BCUT2D eigenvalue weighted by molar-refractivity contribution is -0.140. The first-order chi connectivity index (χ1) is 18.6. The van der Waals surface area contributed by atoms with Crippen molar-refractivity contribution in [1.82, 2.24) is 10.2 Å². The molecule has 0 saturated carbocycles. The number of nitrogens with one attached hydrogen (secondary N) is 1. The Labute approximate surface area is 238 Å². The van der Waals surface area contributed by atoms with Crippen LogP contribution < -0.4 is 9.62 Å². The van der Waals surface area contributed by atoms with E-state index in [0.29, 0.717) is 23.6 Å². The number of hydrogen-bond acceptors (Lipinski definition) is 4. The van der Waals surface area contributed by atoms with Crippen molar-refractivity contribution in [2.24, 2.45) is 0 Å². The zero-order valence-electron chi connectivity index (χ0n) is 21.6. The molecule has 0 fully saturated rings. The molecular formula is C28H30Cl2FN3O4S. The summed E-state index contributed by atoms with van der Waals surface area (Å²) >= 11 is 12.5. The van der Waals surface area contributed by atoms with Crippen molar-refractivity contribution in [2.45, 2.75) is 44.2 Å². The van der Waals surface area contributed by atoms with Crippen LogP contribution in [-0.4, -0.2) is 44.3 Å².